The molecule has 1 aromatic rings. The van der Waals surface area contributed by atoms with Crippen LogP contribution in [0.2, 0.25) is 0 Å². The molecule has 1 heterocycles. The van der Waals surface area contributed by atoms with E-state index in [2.05, 4.69) is 4.74 Å². The van der Waals surface area contributed by atoms with Crippen LogP contribution in [-0.4, -0.2) is 23.0 Å². The van der Waals surface area contributed by atoms with Gasteiger partial charge in [-0.05, 0) is 11.0 Å². The van der Waals surface area contributed by atoms with Crippen molar-refractivity contribution < 1.29 is 14.5 Å². The molecule has 0 unspecified atom stereocenters. The van der Waals surface area contributed by atoms with E-state index in [-0.39, 0.29) is 5.56 Å². The molecule has 1 aromatic heterocycles. The number of nitrogens with zero attached hydrogens (tertiary/aromatic N) is 1. The van der Waals surface area contributed by atoms with E-state index >= 15 is 0 Å². The Morgan fingerprint density at radius 2 is 2.21 bits per heavy atom. The number of ether oxygens (including phenoxy) is 1. The standard InChI is InChI=1S/C7H6N2O5/c1-14-7(11)4-2-3-5(9(12)13)8-6(4)10/h2-3H,1H3,(H,8,10). The summed E-state index contributed by atoms with van der Waals surface area (Å²) >= 11 is 0. The summed E-state index contributed by atoms with van der Waals surface area (Å²) in [6.45, 7) is 0. The highest BCUT2D eigenvalue weighted by atomic mass is 16.6. The number of rotatable bonds is 2. The quantitative estimate of drug-likeness (QED) is 0.411. The average molecular weight is 198 g/mol. The van der Waals surface area contributed by atoms with Crippen molar-refractivity contribution in [3.8, 4) is 0 Å². The fraction of sp³-hybridized carbons (Fsp3) is 0.143. The summed E-state index contributed by atoms with van der Waals surface area (Å²) in [5, 5.41) is 10.2. The molecule has 0 saturated carbocycles. The highest BCUT2D eigenvalue weighted by Gasteiger charge is 2.15. The van der Waals surface area contributed by atoms with Crippen molar-refractivity contribution in [2.24, 2.45) is 0 Å². The van der Waals surface area contributed by atoms with Crippen LogP contribution in [-0.2, 0) is 4.74 Å². The minimum atomic E-state index is -0.842. The number of methoxy groups -OCH3 is 1. The first-order valence-electron chi connectivity index (χ1n) is 3.52. The minimum absolute atomic E-state index is 0.266. The van der Waals surface area contributed by atoms with E-state index in [0.29, 0.717) is 0 Å². The smallest absolute Gasteiger partial charge is 0.346 e. The third-order valence-electron chi connectivity index (χ3n) is 1.50. The normalized spacial score (nSPS) is 9.50. The van der Waals surface area contributed by atoms with Gasteiger partial charge in [-0.25, -0.2) is 14.6 Å². The van der Waals surface area contributed by atoms with Crippen LogP contribution in [0, 0.1) is 10.1 Å². The maximum Gasteiger partial charge on any atom is 0.346 e. The Kier molecular flexibility index (Phi) is 2.61. The number of hydrogen-bond acceptors (Lipinski definition) is 5. The van der Waals surface area contributed by atoms with Crippen LogP contribution in [0.4, 0.5) is 5.82 Å². The number of esters is 1. The fourth-order valence-electron chi connectivity index (χ4n) is 0.840. The van der Waals surface area contributed by atoms with Crippen LogP contribution < -0.4 is 5.56 Å². The molecule has 74 valence electrons. The first-order chi connectivity index (χ1) is 6.56. The van der Waals surface area contributed by atoms with Crippen LogP contribution in [0.5, 0.6) is 0 Å². The molecule has 0 atom stereocenters. The number of aromatic amines is 1. The summed E-state index contributed by atoms with van der Waals surface area (Å²) in [4.78, 5) is 33.4. The third-order valence-corrected chi connectivity index (χ3v) is 1.50. The number of hydrogen-bond donors (Lipinski definition) is 1. The number of pyridine rings is 1. The van der Waals surface area contributed by atoms with Crippen LogP contribution in [0.1, 0.15) is 10.4 Å². The maximum absolute atomic E-state index is 11.1. The third kappa shape index (κ3) is 1.76. The second-order valence-electron chi connectivity index (χ2n) is 2.34. The molecule has 14 heavy (non-hydrogen) atoms. The van der Waals surface area contributed by atoms with Crippen molar-refractivity contribution in [2.75, 3.05) is 7.11 Å². The molecule has 0 amide bonds. The van der Waals surface area contributed by atoms with E-state index < -0.39 is 22.3 Å². The van der Waals surface area contributed by atoms with Gasteiger partial charge in [-0.3, -0.25) is 0 Å². The number of carbonyl (C=O) groups excluding carboxylic acids is 1. The van der Waals surface area contributed by atoms with Crippen LogP contribution in [0.3, 0.4) is 0 Å². The number of nitro groups is 1. The van der Waals surface area contributed by atoms with Crippen molar-refractivity contribution in [2.45, 2.75) is 0 Å². The largest absolute Gasteiger partial charge is 0.465 e. The Balaban J connectivity index is 3.21. The van der Waals surface area contributed by atoms with Gasteiger partial charge < -0.3 is 14.9 Å². The molecule has 0 spiro atoms. The molecule has 0 bridgehead atoms. The van der Waals surface area contributed by atoms with Gasteiger partial charge in [0, 0.05) is 6.07 Å². The average Bonchev–Trinajstić information content (AvgIpc) is 2.16. The van der Waals surface area contributed by atoms with Gasteiger partial charge in [-0.15, -0.1) is 0 Å². The molecule has 0 radical (unpaired) electrons. The van der Waals surface area contributed by atoms with E-state index in [1.54, 1.807) is 0 Å². The Bertz CT molecular complexity index is 436. The van der Waals surface area contributed by atoms with Crippen molar-refractivity contribution in [3.63, 3.8) is 0 Å². The van der Waals surface area contributed by atoms with Gasteiger partial charge in [0.1, 0.15) is 5.56 Å². The van der Waals surface area contributed by atoms with E-state index in [4.69, 9.17) is 0 Å². The molecule has 0 saturated heterocycles. The lowest BCUT2D eigenvalue weighted by Gasteiger charge is -1.96. The Morgan fingerprint density at radius 3 is 2.64 bits per heavy atom. The number of H-pyrrole nitrogens is 1. The number of nitrogens with one attached hydrogen (secondary N) is 1. The van der Waals surface area contributed by atoms with Crippen molar-refractivity contribution in [3.05, 3.63) is 38.2 Å². The van der Waals surface area contributed by atoms with Crippen molar-refractivity contribution in [1.82, 2.24) is 4.98 Å². The lowest BCUT2D eigenvalue weighted by atomic mass is 10.3. The van der Waals surface area contributed by atoms with E-state index in [9.17, 15) is 19.7 Å². The molecular weight excluding hydrogens is 192 g/mol. The molecule has 0 aliphatic rings. The molecule has 0 fully saturated rings. The second-order valence-corrected chi connectivity index (χ2v) is 2.34. The molecule has 0 aliphatic heterocycles. The summed E-state index contributed by atoms with van der Waals surface area (Å²) in [7, 11) is 1.11. The zero-order valence-electron chi connectivity index (χ0n) is 7.14. The van der Waals surface area contributed by atoms with Gasteiger partial charge >= 0.3 is 17.3 Å². The molecule has 0 aromatic carbocycles. The first kappa shape index (κ1) is 9.90. The van der Waals surface area contributed by atoms with Crippen LogP contribution in [0.25, 0.3) is 0 Å². The topological polar surface area (TPSA) is 102 Å². The molecule has 7 heteroatoms. The predicted molar refractivity (Wildman–Crippen MR) is 45.1 cm³/mol. The summed E-state index contributed by atoms with van der Waals surface area (Å²) in [5.74, 6) is -1.30. The van der Waals surface area contributed by atoms with Crippen LogP contribution in [0.15, 0.2) is 16.9 Å². The van der Waals surface area contributed by atoms with Gasteiger partial charge in [0.2, 0.25) is 0 Å². The monoisotopic (exact) mass is 198 g/mol. The maximum atomic E-state index is 11.1. The summed E-state index contributed by atoms with van der Waals surface area (Å²) < 4.78 is 4.29. The zero-order chi connectivity index (χ0) is 10.7. The van der Waals surface area contributed by atoms with E-state index in [1.807, 2.05) is 4.98 Å². The van der Waals surface area contributed by atoms with Crippen molar-refractivity contribution >= 4 is 11.8 Å². The van der Waals surface area contributed by atoms with Gasteiger partial charge in [0.25, 0.3) is 0 Å². The molecule has 1 N–H and O–H groups in total. The lowest BCUT2D eigenvalue weighted by molar-refractivity contribution is -0.389. The molecule has 1 rings (SSSR count). The number of aromatic nitrogens is 1. The van der Waals surface area contributed by atoms with Gasteiger partial charge in [-0.2, -0.15) is 0 Å². The van der Waals surface area contributed by atoms with Crippen molar-refractivity contribution in [1.29, 1.82) is 0 Å². The van der Waals surface area contributed by atoms with Gasteiger partial charge in [0.05, 0.1) is 7.11 Å². The molecule has 0 aliphatic carbocycles. The highest BCUT2D eigenvalue weighted by Crippen LogP contribution is 2.03. The molecular formula is C7H6N2O5. The molecule has 7 nitrogen and oxygen atoms in total. The Labute approximate surface area is 77.5 Å². The predicted octanol–water partition coefficient (Wildman–Crippen LogP) is 0.0697. The fourth-order valence-corrected chi connectivity index (χ4v) is 0.840. The second kappa shape index (κ2) is 3.69. The van der Waals surface area contributed by atoms with E-state index in [1.165, 1.54) is 0 Å². The number of carbonyl (C=O) groups is 1. The summed E-state index contributed by atoms with van der Waals surface area (Å²) in [6.07, 6.45) is 0. The van der Waals surface area contributed by atoms with Gasteiger partial charge in [0.15, 0.2) is 0 Å². The Morgan fingerprint density at radius 1 is 1.57 bits per heavy atom. The highest BCUT2D eigenvalue weighted by molar-refractivity contribution is 5.88. The van der Waals surface area contributed by atoms with Gasteiger partial charge in [-0.1, -0.05) is 0 Å². The van der Waals surface area contributed by atoms with Crippen LogP contribution >= 0.6 is 0 Å². The minimum Gasteiger partial charge on any atom is -0.465 e. The SMILES string of the molecule is COC(=O)c1ccc([N+](=O)[O-])[nH]c1=O. The first-order valence-corrected chi connectivity index (χ1v) is 3.52. The lowest BCUT2D eigenvalue weighted by Crippen LogP contribution is -2.19. The summed E-state index contributed by atoms with van der Waals surface area (Å²) in [5.41, 5.74) is -1.11. The Hall–Kier alpha value is -2.18. The zero-order valence-corrected chi connectivity index (χ0v) is 7.14. The summed E-state index contributed by atoms with van der Waals surface area (Å²) in [6, 6.07) is 2.07. The van der Waals surface area contributed by atoms with E-state index in [0.717, 1.165) is 19.2 Å².